The first-order valence-corrected chi connectivity index (χ1v) is 11.1. The van der Waals surface area contributed by atoms with E-state index in [0.717, 1.165) is 22.2 Å². The summed E-state index contributed by atoms with van der Waals surface area (Å²) >= 11 is 0. The molecule has 0 fully saturated rings. The molecule has 3 heteroatoms. The van der Waals surface area contributed by atoms with Crippen molar-refractivity contribution in [1.82, 2.24) is 0 Å². The number of fused-ring (bicyclic) bond motifs is 10. The minimum absolute atomic E-state index is 0. The Bertz CT molecular complexity index is 1770. The molecular formula is C30H21BeNO+2. The monoisotopic (exact) mass is 420 g/mol. The van der Waals surface area contributed by atoms with Crippen LogP contribution in [-0.4, -0.2) is 10.1 Å². The maximum Gasteiger partial charge on any atom is 2.00 e. The molecule has 1 aromatic heterocycles. The largest absolute Gasteiger partial charge is 2.00 e. The van der Waals surface area contributed by atoms with Gasteiger partial charge >= 0.3 is 10.1 Å². The Morgan fingerprint density at radius 3 is 2.12 bits per heavy atom. The van der Waals surface area contributed by atoms with Gasteiger partial charge in [-0.25, -0.2) is 4.98 Å². The molecule has 6 aromatic rings. The van der Waals surface area contributed by atoms with Crippen molar-refractivity contribution in [3.05, 3.63) is 96.2 Å². The number of H-pyrrole nitrogens is 1. The van der Waals surface area contributed by atoms with Gasteiger partial charge in [-0.1, -0.05) is 86.3 Å². The van der Waals surface area contributed by atoms with Gasteiger partial charge in [-0.15, -0.1) is 0 Å². The second-order valence-corrected chi connectivity index (χ2v) is 9.46. The average Bonchev–Trinajstić information content (AvgIpc) is 3.05. The third-order valence-corrected chi connectivity index (χ3v) is 7.30. The zero-order valence-corrected chi connectivity index (χ0v) is 18.7. The second-order valence-electron chi connectivity index (χ2n) is 9.46. The van der Waals surface area contributed by atoms with Crippen LogP contribution in [0.5, 0.6) is 5.75 Å². The second kappa shape index (κ2) is 6.63. The first-order chi connectivity index (χ1) is 15.5. The third kappa shape index (κ3) is 2.50. The number of rotatable bonds is 0. The molecule has 0 unspecified atom stereocenters. The SMILES string of the molecule is CC1(C)c2c([nH+]cc3cc4ccccc4cc23)-c2c([O-])cc3ccc4ccccc4c3c21.[Be+2]. The topological polar surface area (TPSA) is 37.2 Å². The van der Waals surface area contributed by atoms with Crippen LogP contribution in [-0.2, 0) is 5.41 Å². The molecule has 1 heterocycles. The first-order valence-electron chi connectivity index (χ1n) is 11.1. The summed E-state index contributed by atoms with van der Waals surface area (Å²) in [4.78, 5) is 3.52. The van der Waals surface area contributed by atoms with Gasteiger partial charge in [0, 0.05) is 21.9 Å². The van der Waals surface area contributed by atoms with E-state index in [1.165, 1.54) is 43.3 Å². The zero-order valence-electron chi connectivity index (χ0n) is 18.7. The van der Waals surface area contributed by atoms with Gasteiger partial charge in [-0.3, -0.25) is 0 Å². The molecule has 0 radical (unpaired) electrons. The molecule has 1 N–H and O–H groups in total. The molecule has 152 valence electrons. The van der Waals surface area contributed by atoms with E-state index in [4.69, 9.17) is 0 Å². The number of hydrogen-bond acceptors (Lipinski definition) is 1. The summed E-state index contributed by atoms with van der Waals surface area (Å²) in [5.41, 5.74) is 3.83. The molecule has 1 aliphatic rings. The Hall–Kier alpha value is -3.74. The smallest absolute Gasteiger partial charge is 0.872 e. The van der Waals surface area contributed by atoms with Crippen LogP contribution in [0, 0.1) is 0 Å². The van der Waals surface area contributed by atoms with Crippen molar-refractivity contribution < 1.29 is 10.1 Å². The molecule has 0 aliphatic heterocycles. The van der Waals surface area contributed by atoms with Gasteiger partial charge in [-0.05, 0) is 55.4 Å². The van der Waals surface area contributed by atoms with Crippen molar-refractivity contribution in [2.24, 2.45) is 0 Å². The van der Waals surface area contributed by atoms with E-state index in [2.05, 4.69) is 97.8 Å². The predicted molar refractivity (Wildman–Crippen MR) is 136 cm³/mol. The predicted octanol–water partition coefficient (Wildman–Crippen LogP) is 6.11. The molecule has 0 saturated heterocycles. The van der Waals surface area contributed by atoms with E-state index in [1.807, 2.05) is 6.07 Å². The van der Waals surface area contributed by atoms with Crippen LogP contribution >= 0.6 is 0 Å². The molecule has 5 aromatic carbocycles. The van der Waals surface area contributed by atoms with E-state index < -0.39 is 0 Å². The summed E-state index contributed by atoms with van der Waals surface area (Å²) in [7, 11) is 0. The summed E-state index contributed by atoms with van der Waals surface area (Å²) < 4.78 is 0. The van der Waals surface area contributed by atoms with Crippen LogP contribution < -0.4 is 10.1 Å². The first kappa shape index (κ1) is 19.9. The summed E-state index contributed by atoms with van der Waals surface area (Å²) in [6.07, 6.45) is 2.05. The van der Waals surface area contributed by atoms with Gasteiger partial charge < -0.3 is 5.11 Å². The van der Waals surface area contributed by atoms with Gasteiger partial charge in [0.15, 0.2) is 6.20 Å². The minimum atomic E-state index is -0.314. The van der Waals surface area contributed by atoms with Crippen molar-refractivity contribution >= 4 is 53.2 Å². The number of nitrogens with one attached hydrogen (secondary N) is 1. The molecule has 0 bridgehead atoms. The van der Waals surface area contributed by atoms with Crippen LogP contribution in [0.3, 0.4) is 0 Å². The van der Waals surface area contributed by atoms with Crippen LogP contribution in [0.4, 0.5) is 0 Å². The third-order valence-electron chi connectivity index (χ3n) is 7.30. The van der Waals surface area contributed by atoms with E-state index in [0.29, 0.717) is 0 Å². The molecule has 1 aliphatic carbocycles. The van der Waals surface area contributed by atoms with Gasteiger partial charge in [-0.2, -0.15) is 0 Å². The fraction of sp³-hybridized carbons (Fsp3) is 0.100. The van der Waals surface area contributed by atoms with Crippen LogP contribution in [0.15, 0.2) is 85.1 Å². The summed E-state index contributed by atoms with van der Waals surface area (Å²) in [5.74, 6) is 0.0889. The number of pyridine rings is 1. The Morgan fingerprint density at radius 2 is 1.33 bits per heavy atom. The van der Waals surface area contributed by atoms with Crippen LogP contribution in [0.25, 0.3) is 54.3 Å². The Balaban J connectivity index is 0.00000206. The van der Waals surface area contributed by atoms with Crippen molar-refractivity contribution in [3.8, 4) is 17.0 Å². The Kier molecular flexibility index (Phi) is 4.00. The summed E-state index contributed by atoms with van der Waals surface area (Å²) in [5, 5.41) is 22.9. The fourth-order valence-electron chi connectivity index (χ4n) is 5.94. The minimum Gasteiger partial charge on any atom is -0.872 e. The molecule has 0 amide bonds. The van der Waals surface area contributed by atoms with Crippen LogP contribution in [0.2, 0.25) is 0 Å². The molecule has 7 rings (SSSR count). The Morgan fingerprint density at radius 1 is 0.667 bits per heavy atom. The van der Waals surface area contributed by atoms with Crippen molar-refractivity contribution in [2.45, 2.75) is 19.3 Å². The fourth-order valence-corrected chi connectivity index (χ4v) is 5.94. The van der Waals surface area contributed by atoms with Crippen LogP contribution in [0.1, 0.15) is 25.0 Å². The van der Waals surface area contributed by atoms with Gasteiger partial charge in [0.1, 0.15) is 0 Å². The van der Waals surface area contributed by atoms with Gasteiger partial charge in [0.2, 0.25) is 5.69 Å². The van der Waals surface area contributed by atoms with E-state index in [1.54, 1.807) is 0 Å². The molecular weight excluding hydrogens is 399 g/mol. The normalized spacial score (nSPS) is 13.9. The van der Waals surface area contributed by atoms with E-state index in [9.17, 15) is 5.11 Å². The number of aromatic amines is 1. The number of benzene rings is 5. The molecule has 33 heavy (non-hydrogen) atoms. The molecule has 0 saturated carbocycles. The summed E-state index contributed by atoms with van der Waals surface area (Å²) in [6, 6.07) is 27.5. The molecule has 0 spiro atoms. The quantitative estimate of drug-likeness (QED) is 0.166. The number of hydrogen-bond donors (Lipinski definition) is 0. The maximum absolute atomic E-state index is 13.4. The molecule has 0 atom stereocenters. The molecule has 2 nitrogen and oxygen atoms in total. The van der Waals surface area contributed by atoms with E-state index >= 15 is 0 Å². The van der Waals surface area contributed by atoms with Gasteiger partial charge in [0.25, 0.3) is 0 Å². The summed E-state index contributed by atoms with van der Waals surface area (Å²) in [6.45, 7) is 4.53. The van der Waals surface area contributed by atoms with Gasteiger partial charge in [0.05, 0.1) is 0 Å². The average molecular weight is 421 g/mol. The van der Waals surface area contributed by atoms with E-state index in [-0.39, 0.29) is 21.3 Å². The van der Waals surface area contributed by atoms with Crippen molar-refractivity contribution in [2.75, 3.05) is 0 Å². The standard InChI is InChI=1S/C30H21NO.Be/c1-30(2)27-23-14-19-9-4-3-8-18(19)13-21(23)16-31-29(27)26-24(32)15-20-12-11-17-7-5-6-10-22(17)25(20)28(26)30;/h3-16,32H,1-2H3;/q;+2. The van der Waals surface area contributed by atoms with Crippen molar-refractivity contribution in [1.29, 1.82) is 0 Å². The maximum atomic E-state index is 13.4. The Labute approximate surface area is 195 Å². The number of aromatic nitrogens is 1. The van der Waals surface area contributed by atoms with Crippen molar-refractivity contribution in [3.63, 3.8) is 0 Å². The zero-order chi connectivity index (χ0) is 21.6.